The van der Waals surface area contributed by atoms with E-state index in [0.29, 0.717) is 0 Å². The molecule has 14 heavy (non-hydrogen) atoms. The van der Waals surface area contributed by atoms with E-state index in [4.69, 9.17) is 4.74 Å². The van der Waals surface area contributed by atoms with Gasteiger partial charge in [0.25, 0.3) is 0 Å². The van der Waals surface area contributed by atoms with Crippen molar-refractivity contribution in [2.75, 3.05) is 13.7 Å². The molecule has 1 fully saturated rings. The molecule has 0 heterocycles. The number of para-hydroxylation sites is 1. The summed E-state index contributed by atoms with van der Waals surface area (Å²) in [6.45, 7) is 0.863. The summed E-state index contributed by atoms with van der Waals surface area (Å²) in [6, 6.07) is 10.8. The highest BCUT2D eigenvalue weighted by atomic mass is 16.5. The van der Waals surface area contributed by atoms with Crippen LogP contribution in [0.5, 0.6) is 5.75 Å². The van der Waals surface area contributed by atoms with Crippen molar-refractivity contribution in [2.24, 2.45) is 5.92 Å². The van der Waals surface area contributed by atoms with Crippen LogP contribution in [-0.4, -0.2) is 19.7 Å². The third kappa shape index (κ3) is 2.26. The van der Waals surface area contributed by atoms with Crippen LogP contribution in [0.1, 0.15) is 12.8 Å². The van der Waals surface area contributed by atoms with Gasteiger partial charge in [0.2, 0.25) is 0 Å². The molecule has 0 saturated heterocycles. The van der Waals surface area contributed by atoms with Crippen LogP contribution in [0.2, 0.25) is 0 Å². The predicted octanol–water partition coefficient (Wildman–Crippen LogP) is 2.06. The van der Waals surface area contributed by atoms with E-state index in [1.807, 2.05) is 37.4 Å². The van der Waals surface area contributed by atoms with Gasteiger partial charge >= 0.3 is 0 Å². The molecule has 0 unspecified atom stereocenters. The molecular formula is C12H17NO. The van der Waals surface area contributed by atoms with Crippen LogP contribution in [0.15, 0.2) is 30.3 Å². The standard InChI is InChI=1S/C12H17NO/c1-13-11-7-10(8-11)9-14-12-5-3-2-4-6-12/h2-6,10-11,13H,7-9H2,1H3. The first kappa shape index (κ1) is 9.53. The third-order valence-corrected chi connectivity index (χ3v) is 2.87. The number of rotatable bonds is 4. The van der Waals surface area contributed by atoms with Gasteiger partial charge in [0.15, 0.2) is 0 Å². The van der Waals surface area contributed by atoms with E-state index >= 15 is 0 Å². The molecule has 2 nitrogen and oxygen atoms in total. The highest BCUT2D eigenvalue weighted by Crippen LogP contribution is 2.27. The van der Waals surface area contributed by atoms with Gasteiger partial charge in [-0.3, -0.25) is 0 Å². The largest absolute Gasteiger partial charge is 0.493 e. The lowest BCUT2D eigenvalue weighted by Crippen LogP contribution is -2.41. The minimum absolute atomic E-state index is 0.722. The minimum Gasteiger partial charge on any atom is -0.493 e. The maximum Gasteiger partial charge on any atom is 0.119 e. The van der Waals surface area contributed by atoms with E-state index in [-0.39, 0.29) is 0 Å². The fourth-order valence-corrected chi connectivity index (χ4v) is 1.84. The summed E-state index contributed by atoms with van der Waals surface area (Å²) in [5.41, 5.74) is 0. The monoisotopic (exact) mass is 191 g/mol. The van der Waals surface area contributed by atoms with Gasteiger partial charge in [-0.15, -0.1) is 0 Å². The Balaban J connectivity index is 1.69. The van der Waals surface area contributed by atoms with E-state index in [1.54, 1.807) is 0 Å². The molecule has 2 rings (SSSR count). The average Bonchev–Trinajstić information content (AvgIpc) is 2.17. The number of hydrogen-bond donors (Lipinski definition) is 1. The Morgan fingerprint density at radius 1 is 1.29 bits per heavy atom. The summed E-state index contributed by atoms with van der Waals surface area (Å²) in [7, 11) is 2.03. The Kier molecular flexibility index (Phi) is 3.04. The average molecular weight is 191 g/mol. The van der Waals surface area contributed by atoms with E-state index in [1.165, 1.54) is 12.8 Å². The normalized spacial score (nSPS) is 25.5. The van der Waals surface area contributed by atoms with Crippen molar-refractivity contribution in [1.29, 1.82) is 0 Å². The molecule has 0 spiro atoms. The molecule has 1 aromatic rings. The van der Waals surface area contributed by atoms with Crippen molar-refractivity contribution in [1.82, 2.24) is 5.32 Å². The van der Waals surface area contributed by atoms with Crippen molar-refractivity contribution in [2.45, 2.75) is 18.9 Å². The van der Waals surface area contributed by atoms with Crippen LogP contribution < -0.4 is 10.1 Å². The molecule has 0 bridgehead atoms. The molecule has 0 atom stereocenters. The molecule has 1 aliphatic carbocycles. The van der Waals surface area contributed by atoms with Gasteiger partial charge in [0.1, 0.15) is 5.75 Å². The Morgan fingerprint density at radius 2 is 2.00 bits per heavy atom. The summed E-state index contributed by atoms with van der Waals surface area (Å²) < 4.78 is 5.67. The van der Waals surface area contributed by atoms with Crippen molar-refractivity contribution >= 4 is 0 Å². The third-order valence-electron chi connectivity index (χ3n) is 2.87. The molecule has 1 aromatic carbocycles. The van der Waals surface area contributed by atoms with Gasteiger partial charge in [-0.2, -0.15) is 0 Å². The molecule has 1 N–H and O–H groups in total. The number of ether oxygens (including phenoxy) is 1. The maximum absolute atomic E-state index is 5.67. The fourth-order valence-electron chi connectivity index (χ4n) is 1.84. The Bertz CT molecular complexity index is 267. The highest BCUT2D eigenvalue weighted by Gasteiger charge is 2.27. The van der Waals surface area contributed by atoms with Crippen LogP contribution in [0.3, 0.4) is 0 Å². The Labute approximate surface area is 85.3 Å². The smallest absolute Gasteiger partial charge is 0.119 e. The zero-order valence-corrected chi connectivity index (χ0v) is 8.57. The summed E-state index contributed by atoms with van der Waals surface area (Å²) >= 11 is 0. The van der Waals surface area contributed by atoms with Crippen molar-refractivity contribution in [3.8, 4) is 5.75 Å². The van der Waals surface area contributed by atoms with Crippen LogP contribution in [-0.2, 0) is 0 Å². The number of benzene rings is 1. The maximum atomic E-state index is 5.67. The lowest BCUT2D eigenvalue weighted by atomic mass is 9.81. The molecule has 0 amide bonds. The number of nitrogens with one attached hydrogen (secondary N) is 1. The molecule has 0 radical (unpaired) electrons. The highest BCUT2D eigenvalue weighted by molar-refractivity contribution is 5.20. The second kappa shape index (κ2) is 4.47. The predicted molar refractivity (Wildman–Crippen MR) is 57.5 cm³/mol. The van der Waals surface area contributed by atoms with Crippen LogP contribution in [0, 0.1) is 5.92 Å². The molecule has 76 valence electrons. The fraction of sp³-hybridized carbons (Fsp3) is 0.500. The van der Waals surface area contributed by atoms with Gasteiger partial charge in [0.05, 0.1) is 6.61 Å². The quantitative estimate of drug-likeness (QED) is 0.786. The van der Waals surface area contributed by atoms with E-state index in [9.17, 15) is 0 Å². The van der Waals surface area contributed by atoms with E-state index in [0.717, 1.165) is 24.3 Å². The van der Waals surface area contributed by atoms with Crippen LogP contribution in [0.25, 0.3) is 0 Å². The van der Waals surface area contributed by atoms with E-state index < -0.39 is 0 Å². The first-order valence-electron chi connectivity index (χ1n) is 5.23. The zero-order chi connectivity index (χ0) is 9.80. The topological polar surface area (TPSA) is 21.3 Å². The molecule has 1 saturated carbocycles. The molecule has 1 aliphatic rings. The van der Waals surface area contributed by atoms with Gasteiger partial charge in [-0.1, -0.05) is 18.2 Å². The Hall–Kier alpha value is -1.02. The summed E-state index contributed by atoms with van der Waals surface area (Å²) in [5, 5.41) is 3.27. The van der Waals surface area contributed by atoms with Gasteiger partial charge in [-0.05, 0) is 37.9 Å². The van der Waals surface area contributed by atoms with E-state index in [2.05, 4.69) is 5.32 Å². The van der Waals surface area contributed by atoms with Crippen LogP contribution in [0.4, 0.5) is 0 Å². The van der Waals surface area contributed by atoms with Gasteiger partial charge in [0, 0.05) is 6.04 Å². The molecular weight excluding hydrogens is 174 g/mol. The van der Waals surface area contributed by atoms with Crippen molar-refractivity contribution in [3.63, 3.8) is 0 Å². The summed E-state index contributed by atoms with van der Waals surface area (Å²) in [5.74, 6) is 1.73. The number of hydrogen-bond acceptors (Lipinski definition) is 2. The first-order valence-corrected chi connectivity index (χ1v) is 5.23. The molecule has 2 heteroatoms. The SMILES string of the molecule is CNC1CC(COc2ccccc2)C1. The van der Waals surface area contributed by atoms with Crippen molar-refractivity contribution in [3.05, 3.63) is 30.3 Å². The minimum atomic E-state index is 0.722. The first-order chi connectivity index (χ1) is 6.88. The van der Waals surface area contributed by atoms with Gasteiger partial charge in [-0.25, -0.2) is 0 Å². The molecule has 0 aromatic heterocycles. The summed E-state index contributed by atoms with van der Waals surface area (Å²) in [6.07, 6.45) is 2.51. The molecule has 0 aliphatic heterocycles. The zero-order valence-electron chi connectivity index (χ0n) is 8.57. The Morgan fingerprint density at radius 3 is 2.64 bits per heavy atom. The lowest BCUT2D eigenvalue weighted by Gasteiger charge is -2.34. The second-order valence-corrected chi connectivity index (χ2v) is 3.95. The van der Waals surface area contributed by atoms with Crippen molar-refractivity contribution < 1.29 is 4.74 Å². The summed E-state index contributed by atoms with van der Waals surface area (Å²) in [4.78, 5) is 0. The van der Waals surface area contributed by atoms with Crippen LogP contribution >= 0.6 is 0 Å². The lowest BCUT2D eigenvalue weighted by molar-refractivity contribution is 0.145. The van der Waals surface area contributed by atoms with Gasteiger partial charge < -0.3 is 10.1 Å². The second-order valence-electron chi connectivity index (χ2n) is 3.95.